The number of halogens is 2. The zero-order valence-corrected chi connectivity index (χ0v) is 14.8. The van der Waals surface area contributed by atoms with Gasteiger partial charge < -0.3 is 4.74 Å². The van der Waals surface area contributed by atoms with Crippen LogP contribution in [0.3, 0.4) is 0 Å². The summed E-state index contributed by atoms with van der Waals surface area (Å²) >= 11 is 11.8. The van der Waals surface area contributed by atoms with Crippen LogP contribution in [0.15, 0.2) is 36.4 Å². The van der Waals surface area contributed by atoms with Crippen molar-refractivity contribution in [2.45, 2.75) is 13.0 Å². The maximum Gasteiger partial charge on any atom is 0.339 e. The summed E-state index contributed by atoms with van der Waals surface area (Å²) in [5, 5.41) is 9.21. The van der Waals surface area contributed by atoms with E-state index in [1.165, 1.54) is 43.3 Å². The van der Waals surface area contributed by atoms with Crippen LogP contribution in [0.5, 0.6) is 0 Å². The number of nitriles is 1. The molecule has 0 aromatic heterocycles. The first-order valence-electron chi connectivity index (χ1n) is 7.42. The van der Waals surface area contributed by atoms with Gasteiger partial charge in [-0.3, -0.25) is 9.59 Å². The van der Waals surface area contributed by atoms with Gasteiger partial charge in [-0.2, -0.15) is 5.26 Å². The van der Waals surface area contributed by atoms with Gasteiger partial charge in [-0.1, -0.05) is 23.2 Å². The van der Waals surface area contributed by atoms with Gasteiger partial charge in [0, 0.05) is 0 Å². The second-order valence-corrected chi connectivity index (χ2v) is 6.30. The van der Waals surface area contributed by atoms with E-state index in [1.54, 1.807) is 6.07 Å². The molecule has 1 atom stereocenters. The quantitative estimate of drug-likeness (QED) is 0.588. The molecule has 6 nitrogen and oxygen atoms in total. The van der Waals surface area contributed by atoms with Gasteiger partial charge in [0.05, 0.1) is 32.4 Å². The topological polar surface area (TPSA) is 87.5 Å². The predicted octanol–water partition coefficient (Wildman–Crippen LogP) is 3.86. The molecule has 3 rings (SSSR count). The van der Waals surface area contributed by atoms with Gasteiger partial charge in [0.1, 0.15) is 6.07 Å². The Bertz CT molecular complexity index is 997. The van der Waals surface area contributed by atoms with Gasteiger partial charge in [0.2, 0.25) is 0 Å². The van der Waals surface area contributed by atoms with Crippen LogP contribution in [0.4, 0.5) is 5.69 Å². The van der Waals surface area contributed by atoms with Crippen molar-refractivity contribution in [3.05, 3.63) is 63.1 Å². The summed E-state index contributed by atoms with van der Waals surface area (Å²) in [7, 11) is 0. The molecule has 0 saturated carbocycles. The van der Waals surface area contributed by atoms with E-state index in [2.05, 4.69) is 0 Å². The van der Waals surface area contributed by atoms with Gasteiger partial charge in [0.25, 0.3) is 11.8 Å². The van der Waals surface area contributed by atoms with Crippen molar-refractivity contribution in [2.75, 3.05) is 4.90 Å². The second kappa shape index (κ2) is 6.79. The van der Waals surface area contributed by atoms with E-state index in [9.17, 15) is 14.4 Å². The van der Waals surface area contributed by atoms with Crippen LogP contribution in [-0.2, 0) is 4.74 Å². The van der Waals surface area contributed by atoms with Crippen LogP contribution < -0.4 is 4.90 Å². The lowest BCUT2D eigenvalue weighted by atomic mass is 10.1. The first kappa shape index (κ1) is 17.9. The molecule has 0 aliphatic carbocycles. The Morgan fingerprint density at radius 2 is 1.77 bits per heavy atom. The van der Waals surface area contributed by atoms with Crippen LogP contribution in [0.2, 0.25) is 10.0 Å². The number of nitrogens with zero attached hydrogens (tertiary/aromatic N) is 2. The highest BCUT2D eigenvalue weighted by Crippen LogP contribution is 2.33. The maximum absolute atomic E-state index is 12.7. The molecule has 0 radical (unpaired) electrons. The number of esters is 1. The number of anilines is 1. The summed E-state index contributed by atoms with van der Waals surface area (Å²) in [6.45, 7) is 1.42. The SMILES string of the molecule is C[C@@H](C#N)OC(=O)c1ccc2c(c1)C(=O)N(c1ccc(Cl)c(Cl)c1)C2=O. The summed E-state index contributed by atoms with van der Waals surface area (Å²) in [5.74, 6) is -1.88. The summed E-state index contributed by atoms with van der Waals surface area (Å²) in [6.07, 6.45) is -0.930. The molecule has 0 N–H and O–H groups in total. The number of benzene rings is 2. The van der Waals surface area contributed by atoms with Crippen molar-refractivity contribution >= 4 is 46.7 Å². The summed E-state index contributed by atoms with van der Waals surface area (Å²) in [4.78, 5) is 38.2. The third kappa shape index (κ3) is 3.03. The van der Waals surface area contributed by atoms with Gasteiger partial charge in [-0.25, -0.2) is 9.69 Å². The van der Waals surface area contributed by atoms with Crippen molar-refractivity contribution < 1.29 is 19.1 Å². The van der Waals surface area contributed by atoms with Crippen molar-refractivity contribution in [3.63, 3.8) is 0 Å². The number of fused-ring (bicyclic) bond motifs is 1. The first-order chi connectivity index (χ1) is 12.3. The number of imide groups is 1. The minimum atomic E-state index is -0.930. The van der Waals surface area contributed by atoms with Crippen LogP contribution in [-0.4, -0.2) is 23.9 Å². The molecule has 1 aliphatic heterocycles. The molecule has 0 fully saturated rings. The number of hydrogen-bond acceptors (Lipinski definition) is 5. The lowest BCUT2D eigenvalue weighted by Gasteiger charge is -2.14. The fourth-order valence-electron chi connectivity index (χ4n) is 2.48. The average Bonchev–Trinajstić information content (AvgIpc) is 2.87. The number of carbonyl (C=O) groups excluding carboxylic acids is 3. The second-order valence-electron chi connectivity index (χ2n) is 5.48. The molecular formula is C18H10Cl2N2O4. The number of hydrogen-bond donors (Lipinski definition) is 0. The van der Waals surface area contributed by atoms with Crippen molar-refractivity contribution in [1.29, 1.82) is 5.26 Å². The van der Waals surface area contributed by atoms with E-state index in [0.717, 1.165) is 4.90 Å². The van der Waals surface area contributed by atoms with E-state index < -0.39 is 23.9 Å². The van der Waals surface area contributed by atoms with Crippen molar-refractivity contribution in [3.8, 4) is 6.07 Å². The van der Waals surface area contributed by atoms with E-state index in [1.807, 2.05) is 0 Å². The van der Waals surface area contributed by atoms with E-state index in [4.69, 9.17) is 33.2 Å². The molecule has 0 unspecified atom stereocenters. The fourth-order valence-corrected chi connectivity index (χ4v) is 2.77. The molecule has 2 aromatic rings. The Kier molecular flexibility index (Phi) is 4.68. The number of carbonyl (C=O) groups is 3. The summed E-state index contributed by atoms with van der Waals surface area (Å²) < 4.78 is 4.91. The Labute approximate surface area is 158 Å². The maximum atomic E-state index is 12.7. The van der Waals surface area contributed by atoms with Crippen molar-refractivity contribution in [2.24, 2.45) is 0 Å². The highest BCUT2D eigenvalue weighted by Gasteiger charge is 2.37. The van der Waals surface area contributed by atoms with Crippen LogP contribution >= 0.6 is 23.2 Å². The number of ether oxygens (including phenoxy) is 1. The molecule has 130 valence electrons. The average molecular weight is 389 g/mol. The molecule has 1 heterocycles. The summed E-state index contributed by atoms with van der Waals surface area (Å²) in [5.41, 5.74) is 0.571. The molecule has 0 spiro atoms. The van der Waals surface area contributed by atoms with Crippen molar-refractivity contribution in [1.82, 2.24) is 0 Å². The zero-order chi connectivity index (χ0) is 19.0. The Morgan fingerprint density at radius 1 is 1.08 bits per heavy atom. The normalized spacial score (nSPS) is 14.0. The zero-order valence-electron chi connectivity index (χ0n) is 13.3. The van der Waals surface area contributed by atoms with E-state index >= 15 is 0 Å². The molecule has 8 heteroatoms. The molecule has 0 bridgehead atoms. The lowest BCUT2D eigenvalue weighted by Crippen LogP contribution is -2.29. The van der Waals surface area contributed by atoms with E-state index in [0.29, 0.717) is 5.02 Å². The third-order valence-electron chi connectivity index (χ3n) is 3.75. The monoisotopic (exact) mass is 388 g/mol. The standard InChI is InChI=1S/C18H10Cl2N2O4/c1-9(8-21)26-18(25)10-2-4-12-13(6-10)17(24)22(16(12)23)11-3-5-14(19)15(20)7-11/h2-7,9H,1H3/t9-/m0/s1. The lowest BCUT2D eigenvalue weighted by molar-refractivity contribution is 0.0435. The number of rotatable bonds is 3. The largest absolute Gasteiger partial charge is 0.444 e. The van der Waals surface area contributed by atoms with Gasteiger partial charge in [0.15, 0.2) is 6.10 Å². The molecular weight excluding hydrogens is 379 g/mol. The van der Waals surface area contributed by atoms with Gasteiger partial charge in [-0.05, 0) is 43.3 Å². The Hall–Kier alpha value is -2.88. The molecule has 1 aliphatic rings. The van der Waals surface area contributed by atoms with Crippen LogP contribution in [0.25, 0.3) is 0 Å². The summed E-state index contributed by atoms with van der Waals surface area (Å²) in [6, 6.07) is 10.2. The van der Waals surface area contributed by atoms with Gasteiger partial charge in [-0.15, -0.1) is 0 Å². The highest BCUT2D eigenvalue weighted by atomic mass is 35.5. The third-order valence-corrected chi connectivity index (χ3v) is 4.49. The minimum absolute atomic E-state index is 0.0696. The number of amides is 2. The highest BCUT2D eigenvalue weighted by molar-refractivity contribution is 6.42. The molecule has 26 heavy (non-hydrogen) atoms. The Morgan fingerprint density at radius 3 is 2.42 bits per heavy atom. The first-order valence-corrected chi connectivity index (χ1v) is 8.17. The van der Waals surface area contributed by atoms with Gasteiger partial charge >= 0.3 is 5.97 Å². The predicted molar refractivity (Wildman–Crippen MR) is 94.5 cm³/mol. The fraction of sp³-hybridized carbons (Fsp3) is 0.111. The minimum Gasteiger partial charge on any atom is -0.444 e. The Balaban J connectivity index is 1.96. The van der Waals surface area contributed by atoms with E-state index in [-0.39, 0.29) is 27.4 Å². The van der Waals surface area contributed by atoms with Crippen LogP contribution in [0.1, 0.15) is 38.0 Å². The smallest absolute Gasteiger partial charge is 0.339 e. The molecule has 2 aromatic carbocycles. The molecule has 2 amide bonds. The molecule has 0 saturated heterocycles. The van der Waals surface area contributed by atoms with Crippen LogP contribution in [0, 0.1) is 11.3 Å².